The molecule has 0 saturated heterocycles. The molecule has 2 heteroatoms. The van der Waals surface area contributed by atoms with Crippen LogP contribution in [-0.2, 0) is 0 Å². The monoisotopic (exact) mass is 164 g/mol. The summed E-state index contributed by atoms with van der Waals surface area (Å²) in [7, 11) is 0. The van der Waals surface area contributed by atoms with Crippen molar-refractivity contribution in [3.8, 4) is 0 Å². The fourth-order valence-electron chi connectivity index (χ4n) is 1.31. The van der Waals surface area contributed by atoms with Crippen molar-refractivity contribution in [1.29, 1.82) is 0 Å². The van der Waals surface area contributed by atoms with E-state index in [1.807, 2.05) is 12.1 Å². The molecule has 2 nitrogen and oxygen atoms in total. The maximum absolute atomic E-state index is 3.53. The molecule has 0 aliphatic heterocycles. The van der Waals surface area contributed by atoms with Crippen LogP contribution in [0.25, 0.3) is 0 Å². The van der Waals surface area contributed by atoms with E-state index in [-0.39, 0.29) is 0 Å². The van der Waals surface area contributed by atoms with Crippen molar-refractivity contribution in [2.24, 2.45) is 0 Å². The highest BCUT2D eigenvalue weighted by Gasteiger charge is 1.95. The first-order valence-electron chi connectivity index (χ1n) is 4.72. The Balaban J connectivity index is 0.000000120. The molecule has 0 atom stereocenters. The van der Waals surface area contributed by atoms with Gasteiger partial charge >= 0.3 is 0 Å². The summed E-state index contributed by atoms with van der Waals surface area (Å²) in [5.41, 5.74) is 0. The molecule has 0 aromatic carbocycles. The van der Waals surface area contributed by atoms with E-state index >= 15 is 0 Å². The molecule has 66 valence electrons. The SMILES string of the molecule is C1CCCCC1.c1ccnnc1. The first kappa shape index (κ1) is 9.17. The van der Waals surface area contributed by atoms with Gasteiger partial charge in [0.15, 0.2) is 0 Å². The zero-order valence-electron chi connectivity index (χ0n) is 7.45. The zero-order chi connectivity index (χ0) is 8.49. The smallest absolute Gasteiger partial charge is 0.0496 e. The van der Waals surface area contributed by atoms with Gasteiger partial charge in [0.25, 0.3) is 0 Å². The second kappa shape index (κ2) is 6.77. The van der Waals surface area contributed by atoms with Crippen LogP contribution in [0.1, 0.15) is 38.5 Å². The van der Waals surface area contributed by atoms with Gasteiger partial charge in [0.05, 0.1) is 0 Å². The van der Waals surface area contributed by atoms with Crippen LogP contribution in [0.3, 0.4) is 0 Å². The predicted molar refractivity (Wildman–Crippen MR) is 49.7 cm³/mol. The molecular formula is C10H16N2. The maximum Gasteiger partial charge on any atom is 0.0496 e. The van der Waals surface area contributed by atoms with E-state index in [4.69, 9.17) is 0 Å². The summed E-state index contributed by atoms with van der Waals surface area (Å²) in [6.45, 7) is 0. The largest absolute Gasteiger partial charge is 0.159 e. The third-order valence-corrected chi connectivity index (χ3v) is 1.98. The molecule has 0 N–H and O–H groups in total. The van der Waals surface area contributed by atoms with Gasteiger partial charge in [-0.3, -0.25) is 0 Å². The van der Waals surface area contributed by atoms with Crippen LogP contribution >= 0.6 is 0 Å². The van der Waals surface area contributed by atoms with E-state index in [1.165, 1.54) is 38.5 Å². The second-order valence-electron chi connectivity index (χ2n) is 3.04. The first-order valence-corrected chi connectivity index (χ1v) is 4.72. The van der Waals surface area contributed by atoms with Gasteiger partial charge in [-0.1, -0.05) is 38.5 Å². The average molecular weight is 164 g/mol. The van der Waals surface area contributed by atoms with E-state index in [1.54, 1.807) is 12.4 Å². The van der Waals surface area contributed by atoms with Crippen molar-refractivity contribution in [2.45, 2.75) is 38.5 Å². The molecule has 1 aromatic heterocycles. The Morgan fingerprint density at radius 1 is 0.583 bits per heavy atom. The number of hydrogen-bond acceptors (Lipinski definition) is 2. The maximum atomic E-state index is 3.53. The van der Waals surface area contributed by atoms with Crippen LogP contribution in [0, 0.1) is 0 Å². The van der Waals surface area contributed by atoms with E-state index in [2.05, 4.69) is 10.2 Å². The van der Waals surface area contributed by atoms with Crippen LogP contribution in [0.2, 0.25) is 0 Å². The Morgan fingerprint density at radius 2 is 0.917 bits per heavy atom. The van der Waals surface area contributed by atoms with Gasteiger partial charge in [0.2, 0.25) is 0 Å². The van der Waals surface area contributed by atoms with Gasteiger partial charge in [-0.05, 0) is 12.1 Å². The number of rotatable bonds is 0. The molecule has 2 rings (SSSR count). The van der Waals surface area contributed by atoms with Gasteiger partial charge in [0, 0.05) is 12.4 Å². The predicted octanol–water partition coefficient (Wildman–Crippen LogP) is 2.82. The standard InChI is InChI=1S/C6H12.C4H4N2/c2*1-2-4-6-5-3-1/h1-6H2;1-4H. The number of aromatic nitrogens is 2. The second-order valence-corrected chi connectivity index (χ2v) is 3.04. The fourth-order valence-corrected chi connectivity index (χ4v) is 1.31. The summed E-state index contributed by atoms with van der Waals surface area (Å²) >= 11 is 0. The lowest BCUT2D eigenvalue weighted by Gasteiger charge is -2.05. The van der Waals surface area contributed by atoms with Crippen molar-refractivity contribution in [2.75, 3.05) is 0 Å². The van der Waals surface area contributed by atoms with Crippen LogP contribution in [-0.4, -0.2) is 10.2 Å². The molecule has 0 radical (unpaired) electrons. The van der Waals surface area contributed by atoms with Crippen molar-refractivity contribution < 1.29 is 0 Å². The molecular weight excluding hydrogens is 148 g/mol. The quantitative estimate of drug-likeness (QED) is 0.589. The van der Waals surface area contributed by atoms with Crippen molar-refractivity contribution in [3.05, 3.63) is 24.5 Å². The molecule has 0 bridgehead atoms. The van der Waals surface area contributed by atoms with Crippen LogP contribution in [0.4, 0.5) is 0 Å². The molecule has 1 aromatic rings. The van der Waals surface area contributed by atoms with Gasteiger partial charge in [-0.25, -0.2) is 0 Å². The van der Waals surface area contributed by atoms with Gasteiger partial charge < -0.3 is 0 Å². The molecule has 1 saturated carbocycles. The molecule has 1 heterocycles. The van der Waals surface area contributed by atoms with Crippen molar-refractivity contribution >= 4 is 0 Å². The molecule has 1 aliphatic carbocycles. The molecule has 1 aliphatic rings. The lowest BCUT2D eigenvalue weighted by atomic mass is 10.0. The lowest BCUT2D eigenvalue weighted by molar-refractivity contribution is 0.504. The molecule has 0 spiro atoms. The van der Waals surface area contributed by atoms with E-state index < -0.39 is 0 Å². The van der Waals surface area contributed by atoms with Crippen LogP contribution in [0.5, 0.6) is 0 Å². The summed E-state index contributed by atoms with van der Waals surface area (Å²) < 4.78 is 0. The molecule has 1 fully saturated rings. The highest BCUT2D eigenvalue weighted by atomic mass is 15.1. The van der Waals surface area contributed by atoms with Gasteiger partial charge in [-0.2, -0.15) is 10.2 Å². The van der Waals surface area contributed by atoms with E-state index in [9.17, 15) is 0 Å². The topological polar surface area (TPSA) is 25.8 Å². The summed E-state index contributed by atoms with van der Waals surface area (Å²) in [4.78, 5) is 0. The summed E-state index contributed by atoms with van der Waals surface area (Å²) in [5.74, 6) is 0. The van der Waals surface area contributed by atoms with Crippen molar-refractivity contribution in [3.63, 3.8) is 0 Å². The first-order chi connectivity index (χ1) is 6.00. The van der Waals surface area contributed by atoms with E-state index in [0.29, 0.717) is 0 Å². The lowest BCUT2D eigenvalue weighted by Crippen LogP contribution is -1.85. The highest BCUT2D eigenvalue weighted by molar-refractivity contribution is 4.79. The fraction of sp³-hybridized carbons (Fsp3) is 0.600. The number of nitrogens with zero attached hydrogens (tertiary/aromatic N) is 2. The normalized spacial score (nSPS) is 16.0. The van der Waals surface area contributed by atoms with Crippen LogP contribution < -0.4 is 0 Å². The number of hydrogen-bond donors (Lipinski definition) is 0. The Kier molecular flexibility index (Phi) is 5.17. The third kappa shape index (κ3) is 4.83. The molecule has 0 amide bonds. The summed E-state index contributed by atoms with van der Waals surface area (Å²) in [5, 5.41) is 7.07. The minimum atomic E-state index is 1.50. The Hall–Kier alpha value is -0.920. The van der Waals surface area contributed by atoms with Crippen molar-refractivity contribution in [1.82, 2.24) is 10.2 Å². The average Bonchev–Trinajstić information content (AvgIpc) is 2.24. The Labute approximate surface area is 74.0 Å². The molecule has 0 unspecified atom stereocenters. The highest BCUT2D eigenvalue weighted by Crippen LogP contribution is 2.15. The molecule has 12 heavy (non-hydrogen) atoms. The van der Waals surface area contributed by atoms with Gasteiger partial charge in [-0.15, -0.1) is 0 Å². The van der Waals surface area contributed by atoms with Gasteiger partial charge in [0.1, 0.15) is 0 Å². The third-order valence-electron chi connectivity index (χ3n) is 1.98. The Morgan fingerprint density at radius 3 is 1.08 bits per heavy atom. The summed E-state index contributed by atoms with van der Waals surface area (Å²) in [6, 6.07) is 3.65. The minimum absolute atomic E-state index is 1.50. The minimum Gasteiger partial charge on any atom is -0.159 e. The van der Waals surface area contributed by atoms with E-state index in [0.717, 1.165) is 0 Å². The summed E-state index contributed by atoms with van der Waals surface area (Å²) in [6.07, 6.45) is 12.3. The Bertz CT molecular complexity index is 132. The zero-order valence-corrected chi connectivity index (χ0v) is 7.45. The van der Waals surface area contributed by atoms with Crippen LogP contribution in [0.15, 0.2) is 24.5 Å².